The number of hydrogen-bond acceptors (Lipinski definition) is 2. The first-order valence-corrected chi connectivity index (χ1v) is 13.5. The Hall–Kier alpha value is -0.660. The third-order valence-electron chi connectivity index (χ3n) is 6.57. The van der Waals surface area contributed by atoms with Gasteiger partial charge in [-0.25, -0.2) is 0 Å². The molecule has 1 atom stereocenters. The van der Waals surface area contributed by atoms with Gasteiger partial charge in [-0.2, -0.15) is 0 Å². The average molecular weight is 407 g/mol. The van der Waals surface area contributed by atoms with E-state index in [1.54, 1.807) is 0 Å². The maximum Gasteiger partial charge on any atom is 0.101 e. The van der Waals surface area contributed by atoms with Crippen LogP contribution in [0.3, 0.4) is 0 Å². The Balaban J connectivity index is 2.19. The van der Waals surface area contributed by atoms with Crippen LogP contribution in [-0.4, -0.2) is 29.1 Å². The number of hydrogen-bond donors (Lipinski definition) is 0. The second-order valence-corrected chi connectivity index (χ2v) is 9.35. The molecule has 0 spiro atoms. The van der Waals surface area contributed by atoms with E-state index in [9.17, 15) is 0 Å². The largest absolute Gasteiger partial charge is 0.356 e. The fraction of sp³-hybridized carbons (Fsp3) is 0.926. The van der Waals surface area contributed by atoms with Crippen molar-refractivity contribution in [2.75, 3.05) is 13.1 Å². The lowest BCUT2D eigenvalue weighted by atomic mass is 10.1. The van der Waals surface area contributed by atoms with Crippen molar-refractivity contribution >= 4 is 0 Å². The molecule has 1 aliphatic heterocycles. The Morgan fingerprint density at radius 3 is 1.28 bits per heavy atom. The molecule has 0 bridgehead atoms. The lowest BCUT2D eigenvalue weighted by Crippen LogP contribution is -2.39. The molecule has 29 heavy (non-hydrogen) atoms. The first kappa shape index (κ1) is 26.4. The van der Waals surface area contributed by atoms with E-state index < -0.39 is 0 Å². The number of rotatable bonds is 21. The van der Waals surface area contributed by atoms with Crippen LogP contribution in [0.4, 0.5) is 0 Å². The molecule has 1 heterocycles. The fourth-order valence-corrected chi connectivity index (χ4v) is 4.60. The van der Waals surface area contributed by atoms with Crippen LogP contribution >= 0.6 is 0 Å². The van der Waals surface area contributed by atoms with Gasteiger partial charge in [-0.1, -0.05) is 117 Å². The van der Waals surface area contributed by atoms with Crippen molar-refractivity contribution in [1.29, 1.82) is 0 Å². The minimum Gasteiger partial charge on any atom is -0.356 e. The van der Waals surface area contributed by atoms with Gasteiger partial charge in [-0.05, 0) is 25.7 Å². The minimum absolute atomic E-state index is 0.645. The van der Waals surface area contributed by atoms with Crippen molar-refractivity contribution in [3.8, 4) is 0 Å². The van der Waals surface area contributed by atoms with Crippen LogP contribution in [-0.2, 0) is 0 Å². The molecule has 172 valence electrons. The van der Waals surface area contributed by atoms with Gasteiger partial charge in [0.25, 0.3) is 0 Å². The van der Waals surface area contributed by atoms with Crippen LogP contribution in [0.1, 0.15) is 143 Å². The van der Waals surface area contributed by atoms with E-state index in [4.69, 9.17) is 0 Å². The summed E-state index contributed by atoms with van der Waals surface area (Å²) in [7, 11) is 0. The van der Waals surface area contributed by atoms with E-state index in [0.29, 0.717) is 6.17 Å². The summed E-state index contributed by atoms with van der Waals surface area (Å²) in [5, 5.41) is 0. The van der Waals surface area contributed by atoms with Crippen molar-refractivity contribution in [2.45, 2.75) is 149 Å². The van der Waals surface area contributed by atoms with E-state index in [0.717, 1.165) is 0 Å². The monoisotopic (exact) mass is 406 g/mol. The van der Waals surface area contributed by atoms with Crippen LogP contribution in [0.5, 0.6) is 0 Å². The fourth-order valence-electron chi connectivity index (χ4n) is 4.60. The third-order valence-corrected chi connectivity index (χ3v) is 6.57. The maximum absolute atomic E-state index is 2.66. The molecule has 1 rings (SSSR count). The first-order valence-electron chi connectivity index (χ1n) is 13.5. The molecular formula is C27H54N2. The van der Waals surface area contributed by atoms with Crippen molar-refractivity contribution in [1.82, 2.24) is 9.80 Å². The molecule has 0 saturated carbocycles. The zero-order chi connectivity index (χ0) is 21.0. The van der Waals surface area contributed by atoms with Crippen molar-refractivity contribution in [2.24, 2.45) is 0 Å². The quantitative estimate of drug-likeness (QED) is 0.176. The Labute approximate surface area is 184 Å². The summed E-state index contributed by atoms with van der Waals surface area (Å²) in [5.74, 6) is 0. The average Bonchev–Trinajstić information content (AvgIpc) is 3.11. The summed E-state index contributed by atoms with van der Waals surface area (Å²) >= 11 is 0. The Morgan fingerprint density at radius 1 is 0.448 bits per heavy atom. The van der Waals surface area contributed by atoms with Gasteiger partial charge >= 0.3 is 0 Å². The molecule has 0 saturated heterocycles. The zero-order valence-corrected chi connectivity index (χ0v) is 20.5. The summed E-state index contributed by atoms with van der Waals surface area (Å²) in [6, 6.07) is 0. The predicted molar refractivity (Wildman–Crippen MR) is 131 cm³/mol. The maximum atomic E-state index is 2.66. The van der Waals surface area contributed by atoms with Crippen molar-refractivity contribution in [3.05, 3.63) is 12.4 Å². The van der Waals surface area contributed by atoms with Gasteiger partial charge in [0.1, 0.15) is 6.17 Å². The normalized spacial score (nSPS) is 16.3. The molecule has 2 heteroatoms. The van der Waals surface area contributed by atoms with E-state index in [-0.39, 0.29) is 0 Å². The third kappa shape index (κ3) is 13.3. The van der Waals surface area contributed by atoms with E-state index in [1.807, 2.05) is 0 Å². The Kier molecular flexibility index (Phi) is 17.6. The molecule has 0 fully saturated rings. The molecule has 1 aliphatic rings. The van der Waals surface area contributed by atoms with Crippen molar-refractivity contribution < 1.29 is 0 Å². The highest BCUT2D eigenvalue weighted by molar-refractivity contribution is 4.96. The standard InChI is InChI=1S/C27H54N2/c1-4-7-10-12-13-14-15-16-18-21-24-29-26-25-28(23-20-9-6-3)27(29)22-19-17-11-8-5-2/h25-27H,4-24H2,1-3H3. The summed E-state index contributed by atoms with van der Waals surface area (Å²) in [4.78, 5) is 5.31. The molecule has 0 amide bonds. The molecule has 0 radical (unpaired) electrons. The molecular weight excluding hydrogens is 352 g/mol. The lowest BCUT2D eigenvalue weighted by Gasteiger charge is -2.33. The molecule has 0 N–H and O–H groups in total. The van der Waals surface area contributed by atoms with Gasteiger partial charge in [0.15, 0.2) is 0 Å². The number of nitrogens with zero attached hydrogens (tertiary/aromatic N) is 2. The van der Waals surface area contributed by atoms with Gasteiger partial charge in [0.05, 0.1) is 0 Å². The number of unbranched alkanes of at least 4 members (excludes halogenated alkanes) is 15. The van der Waals surface area contributed by atoms with E-state index >= 15 is 0 Å². The van der Waals surface area contributed by atoms with Crippen LogP contribution < -0.4 is 0 Å². The molecule has 2 nitrogen and oxygen atoms in total. The van der Waals surface area contributed by atoms with Gasteiger partial charge in [-0.15, -0.1) is 0 Å². The Bertz CT molecular complexity index is 366. The summed E-state index contributed by atoms with van der Waals surface area (Å²) < 4.78 is 0. The van der Waals surface area contributed by atoms with Crippen LogP contribution in [0.2, 0.25) is 0 Å². The SMILES string of the molecule is CCCCCCCCCCCCN1C=CN(CCCCC)C1CCCCCCC. The molecule has 0 aromatic carbocycles. The first-order chi connectivity index (χ1) is 14.3. The van der Waals surface area contributed by atoms with Crippen LogP contribution in [0.25, 0.3) is 0 Å². The minimum atomic E-state index is 0.645. The highest BCUT2D eigenvalue weighted by Crippen LogP contribution is 2.23. The van der Waals surface area contributed by atoms with Gasteiger partial charge in [0, 0.05) is 25.5 Å². The second-order valence-electron chi connectivity index (χ2n) is 9.35. The van der Waals surface area contributed by atoms with Crippen LogP contribution in [0.15, 0.2) is 12.4 Å². The zero-order valence-electron chi connectivity index (χ0n) is 20.5. The topological polar surface area (TPSA) is 6.48 Å². The highest BCUT2D eigenvalue weighted by Gasteiger charge is 2.24. The summed E-state index contributed by atoms with van der Waals surface area (Å²) in [5.41, 5.74) is 0. The second kappa shape index (κ2) is 19.3. The molecule has 0 aromatic heterocycles. The van der Waals surface area contributed by atoms with Crippen molar-refractivity contribution in [3.63, 3.8) is 0 Å². The van der Waals surface area contributed by atoms with Gasteiger partial charge in [0.2, 0.25) is 0 Å². The van der Waals surface area contributed by atoms with E-state index in [2.05, 4.69) is 43.0 Å². The molecule has 1 unspecified atom stereocenters. The van der Waals surface area contributed by atoms with Crippen LogP contribution in [0, 0.1) is 0 Å². The summed E-state index contributed by atoms with van der Waals surface area (Å²) in [6.45, 7) is 9.43. The summed E-state index contributed by atoms with van der Waals surface area (Å²) in [6.07, 6.45) is 32.1. The van der Waals surface area contributed by atoms with Gasteiger partial charge in [-0.3, -0.25) is 0 Å². The van der Waals surface area contributed by atoms with Gasteiger partial charge < -0.3 is 9.80 Å². The Morgan fingerprint density at radius 2 is 0.793 bits per heavy atom. The van der Waals surface area contributed by atoms with E-state index in [1.165, 1.54) is 135 Å². The predicted octanol–water partition coefficient (Wildman–Crippen LogP) is 8.87. The molecule has 0 aromatic rings. The lowest BCUT2D eigenvalue weighted by molar-refractivity contribution is 0.135. The smallest absolute Gasteiger partial charge is 0.101 e. The molecule has 0 aliphatic carbocycles. The highest BCUT2D eigenvalue weighted by atomic mass is 15.4.